The number of hydrogen-bond donors (Lipinski definition) is 2. The molecular formula is C25H36O4. The van der Waals surface area contributed by atoms with Gasteiger partial charge in [0.25, 0.3) is 0 Å². The van der Waals surface area contributed by atoms with Crippen LogP contribution >= 0.6 is 0 Å². The number of ether oxygens (including phenoxy) is 2. The minimum atomic E-state index is -0.00000745. The number of aliphatic hydroxyl groups excluding tert-OH is 1. The second-order valence-corrected chi connectivity index (χ2v) is 7.88. The lowest BCUT2D eigenvalue weighted by Crippen LogP contribution is -2.10. The zero-order chi connectivity index (χ0) is 21.2. The fourth-order valence-corrected chi connectivity index (χ4v) is 3.53. The highest BCUT2D eigenvalue weighted by molar-refractivity contribution is 5.80. The molecule has 0 aliphatic carbocycles. The molecule has 2 aromatic rings. The molecule has 0 aliphatic rings. The van der Waals surface area contributed by atoms with Gasteiger partial charge in [-0.2, -0.15) is 0 Å². The molecule has 0 amide bonds. The van der Waals surface area contributed by atoms with Gasteiger partial charge in [-0.25, -0.2) is 0 Å². The number of aryl methyl sites for hydroxylation is 2. The number of unbranched alkanes of at least 4 members (excludes halogenated alkanes) is 2. The number of rotatable bonds is 12. The van der Waals surface area contributed by atoms with Gasteiger partial charge in [-0.3, -0.25) is 0 Å². The minimum Gasteiger partial charge on any atom is -0.507 e. The molecule has 4 heteroatoms. The van der Waals surface area contributed by atoms with Crippen molar-refractivity contribution in [1.29, 1.82) is 0 Å². The van der Waals surface area contributed by atoms with Crippen molar-refractivity contribution >= 4 is 0 Å². The number of hydrogen-bond acceptors (Lipinski definition) is 4. The van der Waals surface area contributed by atoms with Crippen molar-refractivity contribution in [2.45, 2.75) is 59.3 Å². The van der Waals surface area contributed by atoms with E-state index in [1.165, 1.54) is 12.0 Å². The minimum absolute atomic E-state index is 0.00000745. The normalized spacial score (nSPS) is 11.2. The third-order valence-corrected chi connectivity index (χ3v) is 5.03. The molecule has 0 aliphatic heterocycles. The van der Waals surface area contributed by atoms with E-state index in [9.17, 15) is 5.11 Å². The smallest absolute Gasteiger partial charge is 0.131 e. The van der Waals surface area contributed by atoms with Crippen LogP contribution in [0.3, 0.4) is 0 Å². The maximum absolute atomic E-state index is 11.0. The summed E-state index contributed by atoms with van der Waals surface area (Å²) in [6.07, 6.45) is 4.35. The van der Waals surface area contributed by atoms with Gasteiger partial charge in [-0.1, -0.05) is 57.4 Å². The van der Waals surface area contributed by atoms with Crippen LogP contribution in [0, 0.1) is 6.92 Å². The van der Waals surface area contributed by atoms with E-state index in [4.69, 9.17) is 14.6 Å². The Kier molecular flexibility index (Phi) is 9.49. The molecule has 2 N–H and O–H groups in total. The zero-order valence-corrected chi connectivity index (χ0v) is 18.3. The van der Waals surface area contributed by atoms with E-state index in [0.29, 0.717) is 31.5 Å². The topological polar surface area (TPSA) is 58.9 Å². The van der Waals surface area contributed by atoms with Gasteiger partial charge in [-0.05, 0) is 54.5 Å². The van der Waals surface area contributed by atoms with Crippen molar-refractivity contribution in [3.05, 3.63) is 47.0 Å². The van der Waals surface area contributed by atoms with E-state index in [-0.39, 0.29) is 12.4 Å². The third kappa shape index (κ3) is 6.76. The largest absolute Gasteiger partial charge is 0.507 e. The Hall–Kier alpha value is -2.04. The molecule has 0 heterocycles. The summed E-state index contributed by atoms with van der Waals surface area (Å²) in [5.74, 6) is 1.28. The molecule has 4 nitrogen and oxygen atoms in total. The predicted molar refractivity (Wildman–Crippen MR) is 119 cm³/mol. The van der Waals surface area contributed by atoms with Crippen molar-refractivity contribution < 1.29 is 19.7 Å². The Bertz CT molecular complexity index is 768. The van der Waals surface area contributed by atoms with Crippen LogP contribution in [-0.2, 0) is 11.2 Å². The van der Waals surface area contributed by atoms with Gasteiger partial charge in [0.1, 0.15) is 18.1 Å². The van der Waals surface area contributed by atoms with Crippen molar-refractivity contribution in [2.75, 3.05) is 26.4 Å². The Morgan fingerprint density at radius 3 is 2.48 bits per heavy atom. The molecular weight excluding hydrogens is 364 g/mol. The van der Waals surface area contributed by atoms with Crippen molar-refractivity contribution in [2.24, 2.45) is 0 Å². The Morgan fingerprint density at radius 1 is 1.00 bits per heavy atom. The van der Waals surface area contributed by atoms with Gasteiger partial charge in [-0.15, -0.1) is 0 Å². The van der Waals surface area contributed by atoms with Crippen LogP contribution in [0.25, 0.3) is 11.1 Å². The summed E-state index contributed by atoms with van der Waals surface area (Å²) >= 11 is 0. The number of benzene rings is 2. The van der Waals surface area contributed by atoms with E-state index in [1.807, 2.05) is 6.07 Å². The lowest BCUT2D eigenvalue weighted by atomic mass is 9.89. The maximum atomic E-state index is 11.0. The molecule has 0 aromatic heterocycles. The number of phenols is 1. The molecule has 0 atom stereocenters. The van der Waals surface area contributed by atoms with Gasteiger partial charge < -0.3 is 19.7 Å². The first-order chi connectivity index (χ1) is 14.0. The molecule has 0 bridgehead atoms. The van der Waals surface area contributed by atoms with Crippen LogP contribution < -0.4 is 4.74 Å². The molecule has 0 saturated carbocycles. The van der Waals surface area contributed by atoms with Gasteiger partial charge in [0.05, 0.1) is 25.4 Å². The lowest BCUT2D eigenvalue weighted by Gasteiger charge is -2.20. The second-order valence-electron chi connectivity index (χ2n) is 7.88. The van der Waals surface area contributed by atoms with Gasteiger partial charge in [0, 0.05) is 0 Å². The Labute approximate surface area is 175 Å². The summed E-state index contributed by atoms with van der Waals surface area (Å²) in [5, 5.41) is 19.8. The van der Waals surface area contributed by atoms with E-state index in [2.05, 4.69) is 52.0 Å². The Balaban J connectivity index is 2.42. The summed E-state index contributed by atoms with van der Waals surface area (Å²) in [6.45, 7) is 9.63. The summed E-state index contributed by atoms with van der Waals surface area (Å²) in [7, 11) is 0. The molecule has 2 rings (SSSR count). The molecule has 29 heavy (non-hydrogen) atoms. The zero-order valence-electron chi connectivity index (χ0n) is 18.3. The maximum Gasteiger partial charge on any atom is 0.131 e. The lowest BCUT2D eigenvalue weighted by molar-refractivity contribution is 0.0706. The van der Waals surface area contributed by atoms with Crippen LogP contribution in [0.1, 0.15) is 62.6 Å². The Morgan fingerprint density at radius 2 is 1.79 bits per heavy atom. The molecule has 0 fully saturated rings. The highest BCUT2D eigenvalue weighted by Crippen LogP contribution is 2.43. The summed E-state index contributed by atoms with van der Waals surface area (Å²) in [6, 6.07) is 10.3. The highest BCUT2D eigenvalue weighted by atomic mass is 16.5. The van der Waals surface area contributed by atoms with E-state index >= 15 is 0 Å². The number of aromatic hydroxyl groups is 1. The average Bonchev–Trinajstić information content (AvgIpc) is 2.67. The first kappa shape index (κ1) is 23.2. The van der Waals surface area contributed by atoms with Crippen LogP contribution in [0.2, 0.25) is 0 Å². The highest BCUT2D eigenvalue weighted by Gasteiger charge is 2.19. The average molecular weight is 401 g/mol. The molecule has 0 unspecified atom stereocenters. The number of phenolic OH excluding ortho intramolecular Hbond substituents is 1. The van der Waals surface area contributed by atoms with E-state index in [0.717, 1.165) is 41.5 Å². The second kappa shape index (κ2) is 11.8. The monoisotopic (exact) mass is 400 g/mol. The quantitative estimate of drug-likeness (QED) is 0.455. The van der Waals surface area contributed by atoms with Crippen LogP contribution in [-0.4, -0.2) is 36.6 Å². The third-order valence-electron chi connectivity index (χ3n) is 5.03. The van der Waals surface area contributed by atoms with Gasteiger partial charge in [0.15, 0.2) is 0 Å². The SMILES string of the molecule is CCCCCc1cc(O)c(-c2cc(C)ccc2C(C)C)c(OCCOCCO)c1. The first-order valence-corrected chi connectivity index (χ1v) is 10.8. The van der Waals surface area contributed by atoms with Crippen LogP contribution in [0.15, 0.2) is 30.3 Å². The molecule has 160 valence electrons. The summed E-state index contributed by atoms with van der Waals surface area (Å²) < 4.78 is 11.4. The van der Waals surface area contributed by atoms with E-state index < -0.39 is 0 Å². The van der Waals surface area contributed by atoms with Crippen molar-refractivity contribution in [3.63, 3.8) is 0 Å². The fourth-order valence-electron chi connectivity index (χ4n) is 3.53. The molecule has 0 radical (unpaired) electrons. The fraction of sp³-hybridized carbons (Fsp3) is 0.520. The molecule has 0 saturated heterocycles. The predicted octanol–water partition coefficient (Wildman–Crippen LogP) is 5.61. The van der Waals surface area contributed by atoms with Crippen LogP contribution in [0.5, 0.6) is 11.5 Å². The van der Waals surface area contributed by atoms with Crippen LogP contribution in [0.4, 0.5) is 0 Å². The van der Waals surface area contributed by atoms with Gasteiger partial charge in [0.2, 0.25) is 0 Å². The van der Waals surface area contributed by atoms with Crippen molar-refractivity contribution in [1.82, 2.24) is 0 Å². The molecule has 0 spiro atoms. The summed E-state index contributed by atoms with van der Waals surface area (Å²) in [5.41, 5.74) is 5.19. The first-order valence-electron chi connectivity index (χ1n) is 10.8. The van der Waals surface area contributed by atoms with Gasteiger partial charge >= 0.3 is 0 Å². The number of aliphatic hydroxyl groups is 1. The molecule has 2 aromatic carbocycles. The van der Waals surface area contributed by atoms with E-state index in [1.54, 1.807) is 0 Å². The summed E-state index contributed by atoms with van der Waals surface area (Å²) in [4.78, 5) is 0. The van der Waals surface area contributed by atoms with Crippen molar-refractivity contribution in [3.8, 4) is 22.6 Å². The standard InChI is InChI=1S/C25H36O4/c1-5-6-7-8-20-16-23(27)25(24(17-20)29-14-13-28-12-11-26)22-15-19(4)9-10-21(22)18(2)3/h9-10,15-18,26-27H,5-8,11-14H2,1-4H3.